The molecule has 2 N–H and O–H groups in total. The predicted molar refractivity (Wildman–Crippen MR) is 113 cm³/mol. The second kappa shape index (κ2) is 7.66. The molecule has 6 rings (SSSR count). The first-order chi connectivity index (χ1) is 14.1. The summed E-state index contributed by atoms with van der Waals surface area (Å²) in [5.41, 5.74) is 1.16. The van der Waals surface area contributed by atoms with Gasteiger partial charge in [-0.1, -0.05) is 18.2 Å². The van der Waals surface area contributed by atoms with Gasteiger partial charge in [-0.15, -0.1) is 0 Å². The highest BCUT2D eigenvalue weighted by atomic mass is 16.2. The first-order valence-electron chi connectivity index (χ1n) is 11.5. The normalized spacial score (nSPS) is 35.4. The van der Waals surface area contributed by atoms with Crippen molar-refractivity contribution < 1.29 is 9.59 Å². The number of benzene rings is 1. The van der Waals surface area contributed by atoms with Crippen LogP contribution in [0.15, 0.2) is 30.3 Å². The van der Waals surface area contributed by atoms with Gasteiger partial charge in [-0.25, -0.2) is 4.79 Å². The maximum Gasteiger partial charge on any atom is 0.321 e. The van der Waals surface area contributed by atoms with Crippen LogP contribution < -0.4 is 10.6 Å². The van der Waals surface area contributed by atoms with Crippen molar-refractivity contribution in [2.45, 2.75) is 51.4 Å². The third-order valence-electron chi connectivity index (χ3n) is 7.91. The highest BCUT2D eigenvalue weighted by molar-refractivity contribution is 5.90. The second-order valence-corrected chi connectivity index (χ2v) is 10.2. The molecule has 1 aromatic rings. The van der Waals surface area contributed by atoms with Gasteiger partial charge in [0.1, 0.15) is 0 Å². The highest BCUT2D eigenvalue weighted by Crippen LogP contribution is 2.59. The molecule has 1 saturated heterocycles. The van der Waals surface area contributed by atoms with E-state index in [1.807, 2.05) is 30.3 Å². The van der Waals surface area contributed by atoms with Crippen molar-refractivity contribution in [2.24, 2.45) is 29.1 Å². The number of hydrogen-bond acceptors (Lipinski definition) is 2. The molecule has 5 aliphatic rings. The number of carbonyl (C=O) groups excluding carboxylic acids is 2. The maximum atomic E-state index is 12.9. The lowest BCUT2D eigenvalue weighted by Gasteiger charge is -2.57. The van der Waals surface area contributed by atoms with Gasteiger partial charge in [0.2, 0.25) is 5.91 Å². The molecule has 4 aliphatic carbocycles. The van der Waals surface area contributed by atoms with E-state index in [0.717, 1.165) is 49.4 Å². The van der Waals surface area contributed by atoms with E-state index < -0.39 is 0 Å². The Bertz CT molecular complexity index is 727. The van der Waals surface area contributed by atoms with E-state index in [1.54, 1.807) is 4.90 Å². The monoisotopic (exact) mass is 395 g/mol. The molecular weight excluding hydrogens is 362 g/mol. The Morgan fingerprint density at radius 1 is 1.00 bits per heavy atom. The Balaban J connectivity index is 1.15. The fourth-order valence-electron chi connectivity index (χ4n) is 7.03. The van der Waals surface area contributed by atoms with Crippen molar-refractivity contribution in [3.63, 3.8) is 0 Å². The zero-order valence-electron chi connectivity index (χ0n) is 17.2. The summed E-state index contributed by atoms with van der Waals surface area (Å²) in [6.07, 6.45) is 10.0. The molecule has 1 atom stereocenters. The van der Waals surface area contributed by atoms with Crippen molar-refractivity contribution in [3.05, 3.63) is 30.3 Å². The summed E-state index contributed by atoms with van der Waals surface area (Å²) in [5.74, 6) is 2.79. The number of piperidine rings is 1. The van der Waals surface area contributed by atoms with Gasteiger partial charge in [0.05, 0.1) is 5.92 Å². The summed E-state index contributed by atoms with van der Waals surface area (Å²) >= 11 is 0. The predicted octanol–water partition coefficient (Wildman–Crippen LogP) is 4.26. The Morgan fingerprint density at radius 2 is 1.66 bits per heavy atom. The van der Waals surface area contributed by atoms with Crippen LogP contribution in [0.4, 0.5) is 10.5 Å². The number of carbonyl (C=O) groups is 2. The van der Waals surface area contributed by atoms with Crippen LogP contribution in [0.25, 0.3) is 0 Å². The number of nitrogens with zero attached hydrogens (tertiary/aromatic N) is 1. The van der Waals surface area contributed by atoms with Gasteiger partial charge in [-0.2, -0.15) is 0 Å². The maximum absolute atomic E-state index is 12.9. The average molecular weight is 396 g/mol. The second-order valence-electron chi connectivity index (χ2n) is 10.2. The summed E-state index contributed by atoms with van der Waals surface area (Å²) in [7, 11) is 0. The number of amides is 3. The molecule has 5 heteroatoms. The van der Waals surface area contributed by atoms with Gasteiger partial charge in [0.25, 0.3) is 0 Å². The fourth-order valence-corrected chi connectivity index (χ4v) is 7.03. The van der Waals surface area contributed by atoms with Crippen LogP contribution in [-0.2, 0) is 4.79 Å². The van der Waals surface area contributed by atoms with E-state index in [1.165, 1.54) is 38.5 Å². The number of likely N-dealkylation sites (tertiary alicyclic amines) is 1. The minimum atomic E-state index is -0.102. The molecule has 0 radical (unpaired) electrons. The Kier molecular flexibility index (Phi) is 5.00. The summed E-state index contributed by atoms with van der Waals surface area (Å²) in [5, 5.41) is 6.27. The van der Waals surface area contributed by atoms with Gasteiger partial charge in [0.15, 0.2) is 0 Å². The lowest BCUT2D eigenvalue weighted by Crippen LogP contribution is -2.53. The molecule has 5 fully saturated rings. The molecule has 0 aromatic heterocycles. The summed E-state index contributed by atoms with van der Waals surface area (Å²) in [6, 6.07) is 9.42. The number of urea groups is 1. The van der Waals surface area contributed by atoms with E-state index in [2.05, 4.69) is 10.6 Å². The van der Waals surface area contributed by atoms with Crippen molar-refractivity contribution in [1.29, 1.82) is 0 Å². The minimum Gasteiger partial charge on any atom is -0.355 e. The van der Waals surface area contributed by atoms with Crippen LogP contribution in [0.5, 0.6) is 0 Å². The zero-order chi connectivity index (χ0) is 19.8. The third-order valence-corrected chi connectivity index (χ3v) is 7.91. The van der Waals surface area contributed by atoms with Crippen LogP contribution in [0.2, 0.25) is 0 Å². The molecule has 156 valence electrons. The van der Waals surface area contributed by atoms with Crippen molar-refractivity contribution >= 4 is 17.6 Å². The Morgan fingerprint density at radius 3 is 2.31 bits per heavy atom. The van der Waals surface area contributed by atoms with Gasteiger partial charge in [0, 0.05) is 25.3 Å². The topological polar surface area (TPSA) is 61.4 Å². The van der Waals surface area contributed by atoms with E-state index in [4.69, 9.17) is 0 Å². The number of hydrogen-bond donors (Lipinski definition) is 2. The lowest BCUT2D eigenvalue weighted by molar-refractivity contribution is -0.128. The summed E-state index contributed by atoms with van der Waals surface area (Å²) in [6.45, 7) is 2.09. The molecular formula is C24H33N3O2. The highest BCUT2D eigenvalue weighted by Gasteiger charge is 2.50. The van der Waals surface area contributed by atoms with Crippen LogP contribution in [0.1, 0.15) is 51.4 Å². The molecule has 4 bridgehead atoms. The van der Waals surface area contributed by atoms with Gasteiger partial charge >= 0.3 is 6.03 Å². The van der Waals surface area contributed by atoms with Crippen LogP contribution >= 0.6 is 0 Å². The van der Waals surface area contributed by atoms with E-state index >= 15 is 0 Å². The van der Waals surface area contributed by atoms with Crippen molar-refractivity contribution in [1.82, 2.24) is 10.2 Å². The van der Waals surface area contributed by atoms with E-state index in [-0.39, 0.29) is 17.9 Å². The summed E-state index contributed by atoms with van der Waals surface area (Å²) < 4.78 is 0. The zero-order valence-corrected chi connectivity index (χ0v) is 17.2. The molecule has 1 heterocycles. The summed E-state index contributed by atoms with van der Waals surface area (Å²) in [4.78, 5) is 27.4. The largest absolute Gasteiger partial charge is 0.355 e. The lowest BCUT2D eigenvalue weighted by atomic mass is 9.49. The smallest absolute Gasteiger partial charge is 0.321 e. The number of para-hydroxylation sites is 1. The van der Waals surface area contributed by atoms with Crippen molar-refractivity contribution in [3.8, 4) is 0 Å². The number of rotatable bonds is 4. The quantitative estimate of drug-likeness (QED) is 0.800. The van der Waals surface area contributed by atoms with E-state index in [9.17, 15) is 9.59 Å². The SMILES string of the molecule is O=C(NCC12CC3CC(CC(C3)C1)C2)C1CCCN(C(=O)Nc2ccccc2)C1. The third kappa shape index (κ3) is 4.01. The average Bonchev–Trinajstić information content (AvgIpc) is 2.72. The standard InChI is InChI=1S/C24H33N3O2/c28-22(25-16-24-12-17-9-18(13-24)11-19(10-17)14-24)20-5-4-8-27(15-20)23(29)26-21-6-2-1-3-7-21/h1-3,6-7,17-20H,4-5,8-16H2,(H,25,28)(H,26,29). The number of anilines is 1. The minimum absolute atomic E-state index is 0.0841. The molecule has 1 aliphatic heterocycles. The Hall–Kier alpha value is -2.04. The molecule has 0 spiro atoms. The van der Waals surface area contributed by atoms with E-state index in [0.29, 0.717) is 12.0 Å². The van der Waals surface area contributed by atoms with Crippen molar-refractivity contribution in [2.75, 3.05) is 25.0 Å². The molecule has 1 aromatic carbocycles. The van der Waals surface area contributed by atoms with Gasteiger partial charge < -0.3 is 15.5 Å². The van der Waals surface area contributed by atoms with Gasteiger partial charge in [-0.05, 0) is 86.7 Å². The van der Waals surface area contributed by atoms with Gasteiger partial charge in [-0.3, -0.25) is 4.79 Å². The fraction of sp³-hybridized carbons (Fsp3) is 0.667. The molecule has 1 unspecified atom stereocenters. The molecule has 4 saturated carbocycles. The first-order valence-corrected chi connectivity index (χ1v) is 11.5. The van der Waals surface area contributed by atoms with Crippen LogP contribution in [0.3, 0.4) is 0 Å². The Labute approximate surface area is 173 Å². The molecule has 3 amide bonds. The van der Waals surface area contributed by atoms with Crippen LogP contribution in [-0.4, -0.2) is 36.5 Å². The first kappa shape index (κ1) is 19.0. The molecule has 29 heavy (non-hydrogen) atoms. The number of nitrogens with one attached hydrogen (secondary N) is 2. The van der Waals surface area contributed by atoms with Crippen LogP contribution in [0, 0.1) is 29.1 Å². The molecule has 5 nitrogen and oxygen atoms in total.